The monoisotopic (exact) mass is 429 g/mol. The molecule has 4 rings (SSSR count). The third kappa shape index (κ3) is 4.64. The van der Waals surface area contributed by atoms with Crippen molar-refractivity contribution >= 4 is 22.6 Å². The number of benzene rings is 3. The van der Waals surface area contributed by atoms with Crippen LogP contribution < -0.4 is 20.2 Å². The summed E-state index contributed by atoms with van der Waals surface area (Å²) in [4.78, 5) is 24.8. The van der Waals surface area contributed by atoms with Crippen LogP contribution in [0.3, 0.4) is 0 Å². The largest absolute Gasteiger partial charge is 0.497 e. The molecule has 1 N–H and O–H groups in total. The van der Waals surface area contributed by atoms with Crippen LogP contribution in [0.2, 0.25) is 0 Å². The Bertz CT molecular complexity index is 1340. The normalized spacial score (nSPS) is 10.7. The molecule has 0 unspecified atom stereocenters. The lowest BCUT2D eigenvalue weighted by atomic mass is 10.1. The van der Waals surface area contributed by atoms with Crippen LogP contribution >= 0.6 is 0 Å². The second-order valence-electron chi connectivity index (χ2n) is 7.52. The highest BCUT2D eigenvalue weighted by molar-refractivity contribution is 5.92. The summed E-state index contributed by atoms with van der Waals surface area (Å²) in [5.74, 6) is 1.47. The fraction of sp³-hybridized carbons (Fsp3) is 0.154. The van der Waals surface area contributed by atoms with Gasteiger partial charge in [-0.05, 0) is 67.9 Å². The Hall–Kier alpha value is -4.06. The summed E-state index contributed by atoms with van der Waals surface area (Å²) in [6.45, 7) is 3.86. The number of amides is 1. The van der Waals surface area contributed by atoms with Crippen LogP contribution in [0.25, 0.3) is 22.3 Å². The molecule has 4 aromatic rings. The highest BCUT2D eigenvalue weighted by atomic mass is 16.5. The average Bonchev–Trinajstić information content (AvgIpc) is 2.78. The predicted octanol–water partition coefficient (Wildman–Crippen LogP) is 5.10. The van der Waals surface area contributed by atoms with Crippen molar-refractivity contribution in [2.24, 2.45) is 0 Å². The van der Waals surface area contributed by atoms with Crippen molar-refractivity contribution in [2.75, 3.05) is 19.0 Å². The van der Waals surface area contributed by atoms with Gasteiger partial charge in [-0.1, -0.05) is 17.7 Å². The summed E-state index contributed by atoms with van der Waals surface area (Å²) in [5.41, 5.74) is 3.80. The Morgan fingerprint density at radius 3 is 2.47 bits per heavy atom. The molecule has 3 aromatic carbocycles. The summed E-state index contributed by atoms with van der Waals surface area (Å²) < 4.78 is 16.7. The molecule has 0 fully saturated rings. The number of carbonyl (C=O) groups excluding carboxylic acids is 1. The molecule has 1 aromatic heterocycles. The number of aryl methyl sites for hydroxylation is 2. The zero-order valence-corrected chi connectivity index (χ0v) is 18.1. The number of rotatable bonds is 6. The first-order valence-corrected chi connectivity index (χ1v) is 10.2. The molecular weight excluding hydrogens is 406 g/mol. The molecule has 0 atom stereocenters. The maximum Gasteiger partial charge on any atom is 0.262 e. The molecule has 0 aliphatic carbocycles. The Labute approximate surface area is 185 Å². The molecular formula is C26H23NO5. The van der Waals surface area contributed by atoms with Gasteiger partial charge in [0, 0.05) is 17.3 Å². The summed E-state index contributed by atoms with van der Waals surface area (Å²) in [5, 5.41) is 3.26. The van der Waals surface area contributed by atoms with Crippen LogP contribution in [-0.2, 0) is 4.79 Å². The maximum absolute atomic E-state index is 12.5. The van der Waals surface area contributed by atoms with Crippen molar-refractivity contribution in [2.45, 2.75) is 13.8 Å². The van der Waals surface area contributed by atoms with Crippen LogP contribution in [0.5, 0.6) is 11.5 Å². The van der Waals surface area contributed by atoms with E-state index in [0.717, 1.165) is 16.7 Å². The zero-order valence-electron chi connectivity index (χ0n) is 18.1. The van der Waals surface area contributed by atoms with E-state index in [1.165, 1.54) is 6.07 Å². The number of fused-ring (bicyclic) bond motifs is 1. The van der Waals surface area contributed by atoms with Crippen LogP contribution in [-0.4, -0.2) is 19.6 Å². The van der Waals surface area contributed by atoms with Crippen LogP contribution in [0.4, 0.5) is 5.69 Å². The molecule has 162 valence electrons. The van der Waals surface area contributed by atoms with Gasteiger partial charge >= 0.3 is 0 Å². The van der Waals surface area contributed by atoms with Gasteiger partial charge in [-0.2, -0.15) is 0 Å². The van der Waals surface area contributed by atoms with E-state index in [4.69, 9.17) is 13.9 Å². The lowest BCUT2D eigenvalue weighted by Gasteiger charge is -2.10. The van der Waals surface area contributed by atoms with Gasteiger partial charge in [0.25, 0.3) is 5.91 Å². The number of hydrogen-bond donors (Lipinski definition) is 1. The molecule has 0 saturated carbocycles. The highest BCUT2D eigenvalue weighted by Crippen LogP contribution is 2.26. The molecule has 0 radical (unpaired) electrons. The Morgan fingerprint density at radius 1 is 0.969 bits per heavy atom. The van der Waals surface area contributed by atoms with E-state index in [1.807, 2.05) is 32.0 Å². The first kappa shape index (κ1) is 21.2. The highest BCUT2D eigenvalue weighted by Gasteiger charge is 2.10. The van der Waals surface area contributed by atoms with E-state index >= 15 is 0 Å². The standard InChI is InChI=1S/C26H23NO5/c1-16-4-10-23(17(2)12-16)31-15-26(29)27-19-7-5-18(6-8-19)25-14-22(28)21-13-20(30-3)9-11-24(21)32-25/h4-14H,15H2,1-3H3,(H,27,29). The SMILES string of the molecule is COc1ccc2oc(-c3ccc(NC(=O)COc4ccc(C)cc4C)cc3)cc(=O)c2c1. The van der Waals surface area contributed by atoms with Gasteiger partial charge < -0.3 is 19.2 Å². The van der Waals surface area contributed by atoms with Gasteiger partial charge in [-0.15, -0.1) is 0 Å². The van der Waals surface area contributed by atoms with Crippen molar-refractivity contribution in [1.82, 2.24) is 0 Å². The molecule has 32 heavy (non-hydrogen) atoms. The van der Waals surface area contributed by atoms with E-state index in [0.29, 0.717) is 33.9 Å². The predicted molar refractivity (Wildman–Crippen MR) is 125 cm³/mol. The third-order valence-electron chi connectivity index (χ3n) is 5.08. The van der Waals surface area contributed by atoms with Gasteiger partial charge in [0.15, 0.2) is 12.0 Å². The Balaban J connectivity index is 1.44. The fourth-order valence-electron chi connectivity index (χ4n) is 3.42. The quantitative estimate of drug-likeness (QED) is 0.461. The molecule has 0 bridgehead atoms. The first-order chi connectivity index (χ1) is 15.4. The second-order valence-corrected chi connectivity index (χ2v) is 7.52. The minimum absolute atomic E-state index is 0.0886. The third-order valence-corrected chi connectivity index (χ3v) is 5.08. The minimum atomic E-state index is -0.260. The number of anilines is 1. The molecule has 0 aliphatic heterocycles. The second kappa shape index (κ2) is 8.98. The lowest BCUT2D eigenvalue weighted by molar-refractivity contribution is -0.118. The molecule has 1 heterocycles. The van der Waals surface area contributed by atoms with Crippen molar-refractivity contribution in [3.63, 3.8) is 0 Å². The van der Waals surface area contributed by atoms with E-state index in [1.54, 1.807) is 49.6 Å². The smallest absolute Gasteiger partial charge is 0.262 e. The van der Waals surface area contributed by atoms with Crippen molar-refractivity contribution in [3.05, 3.63) is 88.1 Å². The number of hydrogen-bond acceptors (Lipinski definition) is 5. The summed E-state index contributed by atoms with van der Waals surface area (Å²) in [7, 11) is 1.55. The Kier molecular flexibility index (Phi) is 5.94. The minimum Gasteiger partial charge on any atom is -0.497 e. The summed E-state index contributed by atoms with van der Waals surface area (Å²) in [6.07, 6.45) is 0. The number of nitrogens with one attached hydrogen (secondary N) is 1. The maximum atomic E-state index is 12.5. The molecule has 6 heteroatoms. The van der Waals surface area contributed by atoms with Crippen LogP contribution in [0.1, 0.15) is 11.1 Å². The van der Waals surface area contributed by atoms with Gasteiger partial charge in [-0.25, -0.2) is 0 Å². The summed E-state index contributed by atoms with van der Waals surface area (Å²) in [6, 6.07) is 19.5. The number of methoxy groups -OCH3 is 1. The Morgan fingerprint density at radius 2 is 1.75 bits per heavy atom. The molecule has 1 amide bonds. The molecule has 0 saturated heterocycles. The molecule has 6 nitrogen and oxygen atoms in total. The molecule has 0 aliphatic rings. The number of ether oxygens (including phenoxy) is 2. The number of carbonyl (C=O) groups is 1. The van der Waals surface area contributed by atoms with E-state index < -0.39 is 0 Å². The van der Waals surface area contributed by atoms with E-state index in [-0.39, 0.29) is 17.9 Å². The van der Waals surface area contributed by atoms with Gasteiger partial charge in [0.2, 0.25) is 0 Å². The fourth-order valence-corrected chi connectivity index (χ4v) is 3.42. The van der Waals surface area contributed by atoms with Crippen molar-refractivity contribution in [3.8, 4) is 22.8 Å². The van der Waals surface area contributed by atoms with E-state index in [9.17, 15) is 9.59 Å². The van der Waals surface area contributed by atoms with Gasteiger partial charge in [0.05, 0.1) is 12.5 Å². The van der Waals surface area contributed by atoms with Crippen molar-refractivity contribution in [1.29, 1.82) is 0 Å². The van der Waals surface area contributed by atoms with Gasteiger partial charge in [-0.3, -0.25) is 9.59 Å². The average molecular weight is 429 g/mol. The summed E-state index contributed by atoms with van der Waals surface area (Å²) >= 11 is 0. The molecule has 0 spiro atoms. The van der Waals surface area contributed by atoms with Crippen molar-refractivity contribution < 1.29 is 18.7 Å². The van der Waals surface area contributed by atoms with Crippen LogP contribution in [0.15, 0.2) is 75.9 Å². The first-order valence-electron chi connectivity index (χ1n) is 10.2. The van der Waals surface area contributed by atoms with E-state index in [2.05, 4.69) is 5.32 Å². The topological polar surface area (TPSA) is 77.8 Å². The zero-order chi connectivity index (χ0) is 22.7. The lowest BCUT2D eigenvalue weighted by Crippen LogP contribution is -2.20. The van der Waals surface area contributed by atoms with Crippen LogP contribution in [0, 0.1) is 13.8 Å². The van der Waals surface area contributed by atoms with Gasteiger partial charge in [0.1, 0.15) is 22.8 Å².